The first kappa shape index (κ1) is 13.5. The van der Waals surface area contributed by atoms with Crippen LogP contribution in [0.5, 0.6) is 0 Å². The Labute approximate surface area is 90.1 Å². The zero-order valence-electron chi connectivity index (χ0n) is 9.29. The molecule has 15 heavy (non-hydrogen) atoms. The van der Waals surface area contributed by atoms with E-state index in [1.165, 1.54) is 5.57 Å². The Hall–Kier alpha value is -1.52. The van der Waals surface area contributed by atoms with Gasteiger partial charge < -0.3 is 16.2 Å². The number of nitrogens with zero attached hydrogens (tertiary/aromatic N) is 1. The van der Waals surface area contributed by atoms with Crippen molar-refractivity contribution in [2.45, 2.75) is 26.7 Å². The molecule has 0 aromatic rings. The van der Waals surface area contributed by atoms with Gasteiger partial charge in [0.05, 0.1) is 6.54 Å². The summed E-state index contributed by atoms with van der Waals surface area (Å²) in [5.74, 6) is -0.435. The molecule has 0 atom stereocenters. The fourth-order valence-electron chi connectivity index (χ4n) is 0.839. The number of aliphatic carboxylic acids is 1. The van der Waals surface area contributed by atoms with Crippen LogP contribution in [0, 0.1) is 0 Å². The molecule has 0 fully saturated rings. The van der Waals surface area contributed by atoms with Gasteiger partial charge in [-0.25, -0.2) is 4.99 Å². The van der Waals surface area contributed by atoms with E-state index in [2.05, 4.69) is 10.3 Å². The van der Waals surface area contributed by atoms with Gasteiger partial charge in [-0.15, -0.1) is 0 Å². The average Bonchev–Trinajstić information content (AvgIpc) is 2.11. The van der Waals surface area contributed by atoms with Gasteiger partial charge >= 0.3 is 5.97 Å². The minimum atomic E-state index is -0.795. The molecule has 0 aromatic heterocycles. The molecule has 5 nitrogen and oxygen atoms in total. The number of carboxylic acids is 1. The van der Waals surface area contributed by atoms with Crippen LogP contribution in [0.1, 0.15) is 26.7 Å². The number of carboxylic acid groups (broad SMARTS) is 1. The first-order valence-electron chi connectivity index (χ1n) is 4.91. The molecule has 0 spiro atoms. The van der Waals surface area contributed by atoms with E-state index >= 15 is 0 Å². The molecule has 86 valence electrons. The number of hydrogen-bond donors (Lipinski definition) is 3. The molecule has 0 amide bonds. The lowest BCUT2D eigenvalue weighted by molar-refractivity contribution is -0.137. The fourth-order valence-corrected chi connectivity index (χ4v) is 0.839. The summed E-state index contributed by atoms with van der Waals surface area (Å²) in [6.45, 7) is 5.08. The van der Waals surface area contributed by atoms with E-state index in [0.717, 1.165) is 0 Å². The van der Waals surface area contributed by atoms with Crippen molar-refractivity contribution in [2.75, 3.05) is 13.1 Å². The highest BCUT2D eigenvalue weighted by molar-refractivity contribution is 5.77. The Bertz CT molecular complexity index is 255. The molecule has 0 aliphatic heterocycles. The van der Waals surface area contributed by atoms with Crippen molar-refractivity contribution in [2.24, 2.45) is 10.7 Å². The van der Waals surface area contributed by atoms with Crippen molar-refractivity contribution in [3.05, 3.63) is 11.6 Å². The number of hydrogen-bond acceptors (Lipinski definition) is 2. The molecule has 0 saturated carbocycles. The molecule has 0 bridgehead atoms. The highest BCUT2D eigenvalue weighted by Crippen LogP contribution is 1.88. The largest absolute Gasteiger partial charge is 0.481 e. The van der Waals surface area contributed by atoms with E-state index in [4.69, 9.17) is 10.8 Å². The van der Waals surface area contributed by atoms with E-state index in [9.17, 15) is 4.79 Å². The second-order valence-corrected chi connectivity index (χ2v) is 3.43. The molecule has 0 aromatic carbocycles. The second kappa shape index (κ2) is 7.84. The van der Waals surface area contributed by atoms with Crippen LogP contribution in [0.25, 0.3) is 0 Å². The van der Waals surface area contributed by atoms with Crippen LogP contribution in [-0.4, -0.2) is 30.1 Å². The number of carbonyl (C=O) groups is 1. The van der Waals surface area contributed by atoms with Crippen LogP contribution in [0.3, 0.4) is 0 Å². The third-order valence-corrected chi connectivity index (χ3v) is 1.63. The minimum Gasteiger partial charge on any atom is -0.481 e. The summed E-state index contributed by atoms with van der Waals surface area (Å²) in [6.07, 6.45) is 2.66. The summed E-state index contributed by atoms with van der Waals surface area (Å²) in [6, 6.07) is 0. The van der Waals surface area contributed by atoms with Gasteiger partial charge in [0.1, 0.15) is 0 Å². The lowest BCUT2D eigenvalue weighted by Gasteiger charge is -2.03. The number of nitrogens with one attached hydrogen (secondary N) is 1. The SMILES string of the molecule is CC(C)=CCN=C(N)NCCCC(=O)O. The minimum absolute atomic E-state index is 0.147. The van der Waals surface area contributed by atoms with Crippen molar-refractivity contribution in [3.8, 4) is 0 Å². The maximum atomic E-state index is 10.2. The van der Waals surface area contributed by atoms with Gasteiger partial charge in [-0.05, 0) is 20.3 Å². The first-order chi connectivity index (χ1) is 7.02. The standard InChI is InChI=1S/C10H19N3O2/c1-8(2)5-7-13-10(11)12-6-3-4-9(14)15/h5H,3-4,6-7H2,1-2H3,(H,14,15)(H3,11,12,13). The van der Waals surface area contributed by atoms with Crippen LogP contribution in [0.4, 0.5) is 0 Å². The van der Waals surface area contributed by atoms with Gasteiger partial charge in [0.15, 0.2) is 5.96 Å². The molecular weight excluding hydrogens is 194 g/mol. The summed E-state index contributed by atoms with van der Waals surface area (Å²) in [5.41, 5.74) is 6.73. The Morgan fingerprint density at radius 2 is 2.20 bits per heavy atom. The smallest absolute Gasteiger partial charge is 0.303 e. The van der Waals surface area contributed by atoms with Crippen LogP contribution >= 0.6 is 0 Å². The van der Waals surface area contributed by atoms with E-state index in [1.54, 1.807) is 0 Å². The second-order valence-electron chi connectivity index (χ2n) is 3.43. The number of rotatable bonds is 6. The third-order valence-electron chi connectivity index (χ3n) is 1.63. The third kappa shape index (κ3) is 10.4. The lowest BCUT2D eigenvalue weighted by atomic mass is 10.3. The molecule has 4 N–H and O–H groups in total. The number of aliphatic imine (C=N–C) groups is 1. The monoisotopic (exact) mass is 213 g/mol. The quantitative estimate of drug-likeness (QED) is 0.262. The summed E-state index contributed by atoms with van der Waals surface area (Å²) < 4.78 is 0. The van der Waals surface area contributed by atoms with Crippen LogP contribution in [0.2, 0.25) is 0 Å². The summed E-state index contributed by atoms with van der Waals surface area (Å²) >= 11 is 0. The Morgan fingerprint density at radius 3 is 2.73 bits per heavy atom. The molecule has 0 radical (unpaired) electrons. The molecule has 0 aliphatic rings. The van der Waals surface area contributed by atoms with Crippen LogP contribution < -0.4 is 11.1 Å². The van der Waals surface area contributed by atoms with Crippen LogP contribution in [-0.2, 0) is 4.79 Å². The molecule has 0 rings (SSSR count). The maximum Gasteiger partial charge on any atom is 0.303 e. The first-order valence-corrected chi connectivity index (χ1v) is 4.91. The normalized spacial score (nSPS) is 10.9. The van der Waals surface area contributed by atoms with Crippen molar-refractivity contribution < 1.29 is 9.90 Å². The van der Waals surface area contributed by atoms with Crippen molar-refractivity contribution in [1.82, 2.24) is 5.32 Å². The van der Waals surface area contributed by atoms with Gasteiger partial charge in [-0.1, -0.05) is 11.6 Å². The van der Waals surface area contributed by atoms with Gasteiger partial charge in [0.25, 0.3) is 0 Å². The van der Waals surface area contributed by atoms with E-state index in [-0.39, 0.29) is 6.42 Å². The lowest BCUT2D eigenvalue weighted by Crippen LogP contribution is -2.32. The number of guanidine groups is 1. The van der Waals surface area contributed by atoms with Crippen molar-refractivity contribution in [3.63, 3.8) is 0 Å². The molecule has 0 heterocycles. The molecule has 0 saturated heterocycles. The van der Waals surface area contributed by atoms with Crippen molar-refractivity contribution in [1.29, 1.82) is 0 Å². The molecule has 0 aliphatic carbocycles. The Balaban J connectivity index is 3.60. The van der Waals surface area contributed by atoms with Gasteiger partial charge in [0, 0.05) is 13.0 Å². The predicted molar refractivity (Wildman–Crippen MR) is 60.8 cm³/mol. The van der Waals surface area contributed by atoms with Gasteiger partial charge in [0.2, 0.25) is 0 Å². The number of allylic oxidation sites excluding steroid dienone is 1. The van der Waals surface area contributed by atoms with Gasteiger partial charge in [-0.3, -0.25) is 4.79 Å². The maximum absolute atomic E-state index is 10.2. The van der Waals surface area contributed by atoms with E-state index < -0.39 is 5.97 Å². The summed E-state index contributed by atoms with van der Waals surface area (Å²) in [5, 5.41) is 11.2. The topological polar surface area (TPSA) is 87.7 Å². The highest BCUT2D eigenvalue weighted by Gasteiger charge is 1.96. The zero-order chi connectivity index (χ0) is 11.7. The van der Waals surface area contributed by atoms with E-state index in [0.29, 0.717) is 25.5 Å². The molecule has 0 unspecified atom stereocenters. The highest BCUT2D eigenvalue weighted by atomic mass is 16.4. The average molecular weight is 213 g/mol. The fraction of sp³-hybridized carbons (Fsp3) is 0.600. The molecular formula is C10H19N3O2. The summed E-state index contributed by atoms with van der Waals surface area (Å²) in [4.78, 5) is 14.2. The van der Waals surface area contributed by atoms with Crippen LogP contribution in [0.15, 0.2) is 16.6 Å². The zero-order valence-corrected chi connectivity index (χ0v) is 9.29. The molecule has 5 heteroatoms. The number of nitrogens with two attached hydrogens (primary N) is 1. The van der Waals surface area contributed by atoms with Crippen molar-refractivity contribution >= 4 is 11.9 Å². The Kier molecular flexibility index (Phi) is 7.05. The predicted octanol–water partition coefficient (Wildman–Crippen LogP) is 0.722. The Morgan fingerprint density at radius 1 is 1.53 bits per heavy atom. The van der Waals surface area contributed by atoms with Gasteiger partial charge in [-0.2, -0.15) is 0 Å². The summed E-state index contributed by atoms with van der Waals surface area (Å²) in [7, 11) is 0. The van der Waals surface area contributed by atoms with E-state index in [1.807, 2.05) is 19.9 Å².